The fraction of sp³-hybridized carbons (Fsp3) is 0.286. The van der Waals surface area contributed by atoms with Gasteiger partial charge >= 0.3 is 5.97 Å². The van der Waals surface area contributed by atoms with Gasteiger partial charge in [-0.1, -0.05) is 38.1 Å². The van der Waals surface area contributed by atoms with Gasteiger partial charge in [0.05, 0.1) is 10.7 Å². The van der Waals surface area contributed by atoms with Gasteiger partial charge in [0.25, 0.3) is 0 Å². The van der Waals surface area contributed by atoms with Crippen LogP contribution in [0.15, 0.2) is 24.3 Å². The third-order valence-electron chi connectivity index (χ3n) is 2.73. The van der Waals surface area contributed by atoms with E-state index in [2.05, 4.69) is 4.98 Å². The van der Waals surface area contributed by atoms with E-state index in [0.717, 1.165) is 16.1 Å². The predicted octanol–water partition coefficient (Wildman–Crippen LogP) is 3.94. The van der Waals surface area contributed by atoms with Gasteiger partial charge in [-0.25, -0.2) is 9.78 Å². The summed E-state index contributed by atoms with van der Waals surface area (Å²) >= 11 is 1.27. The number of aromatic carboxylic acids is 1. The van der Waals surface area contributed by atoms with Gasteiger partial charge < -0.3 is 5.11 Å². The molecule has 0 radical (unpaired) electrons. The maximum atomic E-state index is 11.3. The molecule has 0 saturated carbocycles. The van der Waals surface area contributed by atoms with E-state index in [4.69, 9.17) is 0 Å². The molecule has 2 rings (SSSR count). The number of hydrogen-bond acceptors (Lipinski definition) is 3. The van der Waals surface area contributed by atoms with Crippen molar-refractivity contribution in [1.82, 2.24) is 4.98 Å². The number of carboxylic acids is 1. The molecule has 4 heteroatoms. The number of carboxylic acid groups (broad SMARTS) is 1. The highest BCUT2D eigenvalue weighted by Gasteiger charge is 2.20. The van der Waals surface area contributed by atoms with E-state index in [-0.39, 0.29) is 5.92 Å². The molecule has 1 aromatic heterocycles. The van der Waals surface area contributed by atoms with Crippen molar-refractivity contribution in [1.29, 1.82) is 0 Å². The zero-order chi connectivity index (χ0) is 13.3. The molecule has 0 bridgehead atoms. The molecule has 0 saturated heterocycles. The lowest BCUT2D eigenvalue weighted by Crippen LogP contribution is -1.96. The summed E-state index contributed by atoms with van der Waals surface area (Å²) in [6.45, 7) is 6.01. The average Bonchev–Trinajstić information content (AvgIpc) is 2.74. The number of thiazole rings is 1. The average molecular weight is 261 g/mol. The normalized spacial score (nSPS) is 10.9. The van der Waals surface area contributed by atoms with Crippen molar-refractivity contribution in [3.63, 3.8) is 0 Å². The second kappa shape index (κ2) is 4.90. The van der Waals surface area contributed by atoms with Crippen LogP contribution in [0.25, 0.3) is 11.3 Å². The highest BCUT2D eigenvalue weighted by molar-refractivity contribution is 7.14. The van der Waals surface area contributed by atoms with Crippen molar-refractivity contribution in [3.05, 3.63) is 39.7 Å². The van der Waals surface area contributed by atoms with Crippen LogP contribution in [-0.2, 0) is 0 Å². The molecule has 1 aromatic carbocycles. The second-order valence-electron chi connectivity index (χ2n) is 4.50. The number of carbonyl (C=O) groups is 1. The molecule has 2 aromatic rings. The molecule has 0 atom stereocenters. The lowest BCUT2D eigenvalue weighted by Gasteiger charge is -2.03. The SMILES string of the molecule is Cc1ccccc1-c1nc(C(C)C)sc1C(=O)O. The Labute approximate surface area is 110 Å². The number of rotatable bonds is 3. The van der Waals surface area contributed by atoms with E-state index in [1.165, 1.54) is 11.3 Å². The van der Waals surface area contributed by atoms with Crippen LogP contribution in [0.2, 0.25) is 0 Å². The number of hydrogen-bond donors (Lipinski definition) is 1. The Morgan fingerprint density at radius 1 is 1.33 bits per heavy atom. The summed E-state index contributed by atoms with van der Waals surface area (Å²) in [6.07, 6.45) is 0. The fourth-order valence-corrected chi connectivity index (χ4v) is 2.67. The largest absolute Gasteiger partial charge is 0.477 e. The molecule has 0 aliphatic heterocycles. The molecule has 0 unspecified atom stereocenters. The third-order valence-corrected chi connectivity index (χ3v) is 4.08. The minimum Gasteiger partial charge on any atom is -0.477 e. The minimum absolute atomic E-state index is 0.242. The van der Waals surface area contributed by atoms with Gasteiger partial charge in [0.1, 0.15) is 4.88 Å². The molecule has 94 valence electrons. The highest BCUT2D eigenvalue weighted by atomic mass is 32.1. The maximum absolute atomic E-state index is 11.3. The molecule has 3 nitrogen and oxygen atoms in total. The monoisotopic (exact) mass is 261 g/mol. The first-order valence-electron chi connectivity index (χ1n) is 5.80. The second-order valence-corrected chi connectivity index (χ2v) is 5.54. The Bertz CT molecular complexity index is 587. The van der Waals surface area contributed by atoms with Crippen molar-refractivity contribution in [2.45, 2.75) is 26.7 Å². The maximum Gasteiger partial charge on any atom is 0.348 e. The van der Waals surface area contributed by atoms with Crippen molar-refractivity contribution in [3.8, 4) is 11.3 Å². The third kappa shape index (κ3) is 2.29. The van der Waals surface area contributed by atoms with Gasteiger partial charge in [-0.2, -0.15) is 0 Å². The van der Waals surface area contributed by atoms with Crippen molar-refractivity contribution in [2.75, 3.05) is 0 Å². The van der Waals surface area contributed by atoms with Crippen LogP contribution in [0.4, 0.5) is 0 Å². The highest BCUT2D eigenvalue weighted by Crippen LogP contribution is 2.33. The first kappa shape index (κ1) is 12.8. The number of nitrogens with zero attached hydrogens (tertiary/aromatic N) is 1. The van der Waals surface area contributed by atoms with Gasteiger partial charge in [-0.05, 0) is 12.5 Å². The Morgan fingerprint density at radius 2 is 2.00 bits per heavy atom. The first-order chi connectivity index (χ1) is 8.50. The van der Waals surface area contributed by atoms with Crippen molar-refractivity contribution >= 4 is 17.3 Å². The van der Waals surface area contributed by atoms with Crippen LogP contribution in [0.5, 0.6) is 0 Å². The topological polar surface area (TPSA) is 50.2 Å². The van der Waals surface area contributed by atoms with E-state index in [0.29, 0.717) is 10.6 Å². The molecule has 0 spiro atoms. The molecule has 18 heavy (non-hydrogen) atoms. The zero-order valence-electron chi connectivity index (χ0n) is 10.6. The molecule has 0 aliphatic carbocycles. The van der Waals surface area contributed by atoms with E-state index in [9.17, 15) is 9.90 Å². The fourth-order valence-electron chi connectivity index (χ4n) is 1.75. The van der Waals surface area contributed by atoms with Gasteiger partial charge in [-0.15, -0.1) is 11.3 Å². The van der Waals surface area contributed by atoms with Crippen LogP contribution in [0, 0.1) is 6.92 Å². The summed E-state index contributed by atoms with van der Waals surface area (Å²) in [5.41, 5.74) is 2.54. The van der Waals surface area contributed by atoms with Crippen LogP contribution >= 0.6 is 11.3 Å². The van der Waals surface area contributed by atoms with Gasteiger partial charge in [0, 0.05) is 11.5 Å². The van der Waals surface area contributed by atoms with E-state index < -0.39 is 5.97 Å². The summed E-state index contributed by atoms with van der Waals surface area (Å²) in [4.78, 5) is 16.1. The molecular weight excluding hydrogens is 246 g/mol. The first-order valence-corrected chi connectivity index (χ1v) is 6.62. The van der Waals surface area contributed by atoms with E-state index in [1.54, 1.807) is 0 Å². The summed E-state index contributed by atoms with van der Waals surface area (Å²) in [5.74, 6) is -0.663. The predicted molar refractivity (Wildman–Crippen MR) is 73.3 cm³/mol. The van der Waals surface area contributed by atoms with E-state index >= 15 is 0 Å². The number of aryl methyl sites for hydroxylation is 1. The van der Waals surface area contributed by atoms with E-state index in [1.807, 2.05) is 45.0 Å². The quantitative estimate of drug-likeness (QED) is 0.910. The lowest BCUT2D eigenvalue weighted by molar-refractivity contribution is 0.0702. The molecular formula is C14H15NO2S. The van der Waals surface area contributed by atoms with Gasteiger partial charge in [0.2, 0.25) is 0 Å². The Balaban J connectivity index is 2.63. The number of aromatic nitrogens is 1. The summed E-state index contributed by atoms with van der Waals surface area (Å²) in [7, 11) is 0. The van der Waals surface area contributed by atoms with Crippen LogP contribution in [-0.4, -0.2) is 16.1 Å². The minimum atomic E-state index is -0.905. The standard InChI is InChI=1S/C14H15NO2S/c1-8(2)13-15-11(12(18-13)14(16)17)10-7-5-4-6-9(10)3/h4-8H,1-3H3,(H,16,17). The summed E-state index contributed by atoms with van der Waals surface area (Å²) in [6, 6.07) is 7.73. The Hall–Kier alpha value is -1.68. The number of benzene rings is 1. The summed E-state index contributed by atoms with van der Waals surface area (Å²) < 4.78 is 0. The smallest absolute Gasteiger partial charge is 0.348 e. The molecule has 0 fully saturated rings. The zero-order valence-corrected chi connectivity index (χ0v) is 11.4. The Morgan fingerprint density at radius 3 is 2.56 bits per heavy atom. The van der Waals surface area contributed by atoms with Crippen molar-refractivity contribution < 1.29 is 9.90 Å². The summed E-state index contributed by atoms with van der Waals surface area (Å²) in [5, 5.41) is 10.1. The molecule has 0 amide bonds. The molecule has 0 aliphatic rings. The van der Waals surface area contributed by atoms with Crippen LogP contribution < -0.4 is 0 Å². The lowest BCUT2D eigenvalue weighted by atomic mass is 10.1. The van der Waals surface area contributed by atoms with Crippen molar-refractivity contribution in [2.24, 2.45) is 0 Å². The van der Waals surface area contributed by atoms with Gasteiger partial charge in [-0.3, -0.25) is 0 Å². The van der Waals surface area contributed by atoms with Gasteiger partial charge in [0.15, 0.2) is 0 Å². The molecule has 1 heterocycles. The molecule has 1 N–H and O–H groups in total. The van der Waals surface area contributed by atoms with Crippen LogP contribution in [0.1, 0.15) is 40.0 Å². The Kier molecular flexibility index (Phi) is 3.48. The van der Waals surface area contributed by atoms with Crippen LogP contribution in [0.3, 0.4) is 0 Å².